The average molecular weight is 473 g/mol. The average Bonchev–Trinajstić information content (AvgIpc) is 2.82. The molecule has 166 valence electrons. The highest BCUT2D eigenvalue weighted by Gasteiger charge is 2.20. The lowest BCUT2D eigenvalue weighted by Crippen LogP contribution is -2.34. The fourth-order valence-corrected chi connectivity index (χ4v) is 3.94. The van der Waals surface area contributed by atoms with Crippen molar-refractivity contribution in [1.29, 1.82) is 5.26 Å². The number of piperidine rings is 1. The van der Waals surface area contributed by atoms with Crippen LogP contribution in [0.1, 0.15) is 24.0 Å². The third-order valence-electron chi connectivity index (χ3n) is 5.35. The Bertz CT molecular complexity index is 1180. The number of nitriles is 1. The molecule has 0 radical (unpaired) electrons. The zero-order valence-corrected chi connectivity index (χ0v) is 18.9. The van der Waals surface area contributed by atoms with Gasteiger partial charge in [-0.3, -0.25) is 0 Å². The highest BCUT2D eigenvalue weighted by molar-refractivity contribution is 6.32. The van der Waals surface area contributed by atoms with Crippen LogP contribution in [0.2, 0.25) is 5.02 Å². The number of benzene rings is 2. The molecular formula is C22H22Cl2N6O2. The van der Waals surface area contributed by atoms with Gasteiger partial charge in [-0.2, -0.15) is 5.26 Å². The maximum absolute atomic E-state index is 9.37. The zero-order chi connectivity index (χ0) is 21.8. The SMILES string of the molecule is COc1ccc(CNc2nnc(N3CCC(=NO)CC3)c3ccc(C#N)cc23)cc1Cl.Cl. The fraction of sp³-hybridized carbons (Fsp3) is 0.273. The van der Waals surface area contributed by atoms with Gasteiger partial charge in [-0.25, -0.2) is 0 Å². The Labute approximate surface area is 196 Å². The monoisotopic (exact) mass is 472 g/mol. The third kappa shape index (κ3) is 4.79. The van der Waals surface area contributed by atoms with Crippen molar-refractivity contribution < 1.29 is 9.94 Å². The molecule has 0 saturated carbocycles. The Kier molecular flexibility index (Phi) is 7.57. The van der Waals surface area contributed by atoms with E-state index in [9.17, 15) is 5.26 Å². The summed E-state index contributed by atoms with van der Waals surface area (Å²) in [5.74, 6) is 1.97. The van der Waals surface area contributed by atoms with Gasteiger partial charge >= 0.3 is 0 Å². The summed E-state index contributed by atoms with van der Waals surface area (Å²) < 4.78 is 5.20. The number of fused-ring (bicyclic) bond motifs is 1. The molecule has 3 aromatic rings. The lowest BCUT2D eigenvalue weighted by atomic mass is 10.1. The lowest BCUT2D eigenvalue weighted by molar-refractivity contribution is 0.315. The van der Waals surface area contributed by atoms with Crippen LogP contribution >= 0.6 is 24.0 Å². The van der Waals surface area contributed by atoms with Crippen molar-refractivity contribution in [2.24, 2.45) is 5.16 Å². The molecule has 1 fully saturated rings. The van der Waals surface area contributed by atoms with E-state index in [1.54, 1.807) is 13.2 Å². The number of anilines is 2. The van der Waals surface area contributed by atoms with Gasteiger partial charge < -0.3 is 20.2 Å². The standard InChI is InChI=1S/C22H21ClN6O2.ClH/c1-31-20-5-3-15(11-19(20)23)13-25-21-18-10-14(12-24)2-4-17(18)22(27-26-21)29-8-6-16(28-30)7-9-29;/h2-5,10-11,30H,6-9,13H2,1H3,(H,25,26);1H. The third-order valence-corrected chi connectivity index (χ3v) is 5.64. The van der Waals surface area contributed by atoms with E-state index >= 15 is 0 Å². The van der Waals surface area contributed by atoms with Gasteiger partial charge in [0.25, 0.3) is 0 Å². The molecule has 1 saturated heterocycles. The van der Waals surface area contributed by atoms with Crippen LogP contribution in [0.15, 0.2) is 41.6 Å². The van der Waals surface area contributed by atoms with E-state index < -0.39 is 0 Å². The van der Waals surface area contributed by atoms with Crippen LogP contribution in [0.5, 0.6) is 5.75 Å². The second-order valence-corrected chi connectivity index (χ2v) is 7.63. The molecule has 0 amide bonds. The molecule has 10 heteroatoms. The van der Waals surface area contributed by atoms with Crippen molar-refractivity contribution in [3.63, 3.8) is 0 Å². The van der Waals surface area contributed by atoms with Gasteiger partial charge in [-0.05, 0) is 35.9 Å². The minimum atomic E-state index is 0. The number of methoxy groups -OCH3 is 1. The van der Waals surface area contributed by atoms with Crippen molar-refractivity contribution in [3.05, 3.63) is 52.5 Å². The first-order valence-electron chi connectivity index (χ1n) is 9.84. The molecule has 0 atom stereocenters. The van der Waals surface area contributed by atoms with Crippen molar-refractivity contribution in [2.45, 2.75) is 19.4 Å². The summed E-state index contributed by atoms with van der Waals surface area (Å²) in [7, 11) is 1.58. The van der Waals surface area contributed by atoms with Gasteiger partial charge in [0.05, 0.1) is 29.5 Å². The maximum Gasteiger partial charge on any atom is 0.159 e. The molecule has 0 bridgehead atoms. The number of oxime groups is 1. The molecule has 4 rings (SSSR count). The Balaban J connectivity index is 0.00000289. The number of aromatic nitrogens is 2. The molecule has 1 aliphatic heterocycles. The summed E-state index contributed by atoms with van der Waals surface area (Å²) in [4.78, 5) is 2.13. The summed E-state index contributed by atoms with van der Waals surface area (Å²) >= 11 is 6.23. The topological polar surface area (TPSA) is 107 Å². The Morgan fingerprint density at radius 2 is 1.97 bits per heavy atom. The van der Waals surface area contributed by atoms with E-state index in [0.717, 1.165) is 27.9 Å². The van der Waals surface area contributed by atoms with Crippen LogP contribution in [-0.2, 0) is 6.54 Å². The predicted molar refractivity (Wildman–Crippen MR) is 128 cm³/mol. The molecule has 2 aromatic carbocycles. The van der Waals surface area contributed by atoms with E-state index in [0.29, 0.717) is 54.6 Å². The minimum absolute atomic E-state index is 0. The molecule has 1 aromatic heterocycles. The smallest absolute Gasteiger partial charge is 0.159 e. The summed E-state index contributed by atoms with van der Waals surface area (Å²) in [5.41, 5.74) is 2.31. The van der Waals surface area contributed by atoms with Crippen LogP contribution < -0.4 is 15.0 Å². The van der Waals surface area contributed by atoms with Gasteiger partial charge in [0.2, 0.25) is 0 Å². The molecule has 2 heterocycles. The first-order valence-corrected chi connectivity index (χ1v) is 10.2. The number of hydrogen-bond acceptors (Lipinski definition) is 8. The van der Waals surface area contributed by atoms with E-state index in [-0.39, 0.29) is 12.4 Å². The number of ether oxygens (including phenoxy) is 1. The van der Waals surface area contributed by atoms with Gasteiger partial charge in [-0.15, -0.1) is 22.6 Å². The maximum atomic E-state index is 9.37. The number of nitrogens with zero attached hydrogens (tertiary/aromatic N) is 5. The second-order valence-electron chi connectivity index (χ2n) is 7.22. The van der Waals surface area contributed by atoms with Crippen molar-refractivity contribution >= 4 is 52.1 Å². The quantitative estimate of drug-likeness (QED) is 0.411. The first-order chi connectivity index (χ1) is 15.1. The van der Waals surface area contributed by atoms with E-state index in [1.807, 2.05) is 30.3 Å². The normalized spacial score (nSPS) is 13.3. The molecule has 0 unspecified atom stereocenters. The number of rotatable bonds is 5. The highest BCUT2D eigenvalue weighted by atomic mass is 35.5. The van der Waals surface area contributed by atoms with Crippen LogP contribution in [0.25, 0.3) is 10.8 Å². The molecule has 32 heavy (non-hydrogen) atoms. The zero-order valence-electron chi connectivity index (χ0n) is 17.4. The second kappa shape index (κ2) is 10.4. The highest BCUT2D eigenvalue weighted by Crippen LogP contribution is 2.31. The largest absolute Gasteiger partial charge is 0.495 e. The molecule has 1 aliphatic rings. The summed E-state index contributed by atoms with van der Waals surface area (Å²) in [6.07, 6.45) is 1.35. The molecule has 2 N–H and O–H groups in total. The van der Waals surface area contributed by atoms with Crippen molar-refractivity contribution in [2.75, 3.05) is 30.4 Å². The summed E-state index contributed by atoms with van der Waals surface area (Å²) in [5, 5.41) is 36.2. The van der Waals surface area contributed by atoms with Crippen LogP contribution in [0.3, 0.4) is 0 Å². The van der Waals surface area contributed by atoms with Gasteiger partial charge in [-0.1, -0.05) is 22.8 Å². The van der Waals surface area contributed by atoms with E-state index in [4.69, 9.17) is 21.5 Å². The van der Waals surface area contributed by atoms with E-state index in [2.05, 4.69) is 31.6 Å². The van der Waals surface area contributed by atoms with Gasteiger partial charge in [0.15, 0.2) is 11.6 Å². The van der Waals surface area contributed by atoms with E-state index in [1.165, 1.54) is 0 Å². The van der Waals surface area contributed by atoms with Crippen molar-refractivity contribution in [3.8, 4) is 11.8 Å². The van der Waals surface area contributed by atoms with Gasteiger partial charge in [0, 0.05) is 43.2 Å². The molecule has 0 aliphatic carbocycles. The Morgan fingerprint density at radius 3 is 2.62 bits per heavy atom. The number of nitrogens with one attached hydrogen (secondary N) is 1. The molecule has 8 nitrogen and oxygen atoms in total. The molecule has 0 spiro atoms. The first kappa shape index (κ1) is 23.4. The number of halogens is 2. The predicted octanol–water partition coefficient (Wildman–Crippen LogP) is 4.63. The minimum Gasteiger partial charge on any atom is -0.495 e. The van der Waals surface area contributed by atoms with Crippen LogP contribution in [-0.4, -0.2) is 41.3 Å². The summed E-state index contributed by atoms with van der Waals surface area (Å²) in [6, 6.07) is 13.3. The van der Waals surface area contributed by atoms with Crippen LogP contribution in [0, 0.1) is 11.3 Å². The Hall–Kier alpha value is -3.28. The fourth-order valence-electron chi connectivity index (χ4n) is 3.66. The Morgan fingerprint density at radius 1 is 1.19 bits per heavy atom. The lowest BCUT2D eigenvalue weighted by Gasteiger charge is -2.29. The summed E-state index contributed by atoms with van der Waals surface area (Å²) in [6.45, 7) is 1.88. The van der Waals surface area contributed by atoms with Crippen molar-refractivity contribution in [1.82, 2.24) is 10.2 Å². The molecular weight excluding hydrogens is 451 g/mol. The van der Waals surface area contributed by atoms with Crippen LogP contribution in [0.4, 0.5) is 11.6 Å². The number of hydrogen-bond donors (Lipinski definition) is 2. The van der Waals surface area contributed by atoms with Gasteiger partial charge in [0.1, 0.15) is 5.75 Å².